The molecule has 0 fully saturated rings. The molecule has 1 aromatic heterocycles. The number of carbonyl (C=O) groups is 1. The molecule has 0 aliphatic carbocycles. The lowest BCUT2D eigenvalue weighted by molar-refractivity contribution is 0.0661. The van der Waals surface area contributed by atoms with Crippen molar-refractivity contribution in [3.8, 4) is 0 Å². The summed E-state index contributed by atoms with van der Waals surface area (Å²) >= 11 is 0. The molecule has 4 nitrogen and oxygen atoms in total. The van der Waals surface area contributed by atoms with Gasteiger partial charge in [-0.05, 0) is 26.0 Å². The van der Waals surface area contributed by atoms with Crippen molar-refractivity contribution in [1.29, 1.82) is 0 Å². The van der Waals surface area contributed by atoms with Crippen LogP contribution >= 0.6 is 0 Å². The fourth-order valence-electron chi connectivity index (χ4n) is 1.23. The summed E-state index contributed by atoms with van der Waals surface area (Å²) in [4.78, 5) is 10.6. The van der Waals surface area contributed by atoms with Crippen molar-refractivity contribution in [2.75, 3.05) is 6.54 Å². The Hall–Kier alpha value is -1.55. The molecule has 0 atom stereocenters. The average molecular weight is 209 g/mol. The third-order valence-electron chi connectivity index (χ3n) is 2.07. The van der Waals surface area contributed by atoms with Crippen LogP contribution in [0.3, 0.4) is 0 Å². The highest BCUT2D eigenvalue weighted by Gasteiger charge is 2.12. The van der Waals surface area contributed by atoms with Crippen LogP contribution in [0.25, 0.3) is 0 Å². The fourth-order valence-corrected chi connectivity index (χ4v) is 1.23. The monoisotopic (exact) mass is 209 g/mol. The number of furan rings is 1. The zero-order chi connectivity index (χ0) is 11.3. The zero-order valence-corrected chi connectivity index (χ0v) is 8.75. The van der Waals surface area contributed by atoms with Crippen LogP contribution in [-0.4, -0.2) is 17.6 Å². The van der Waals surface area contributed by atoms with Gasteiger partial charge in [-0.3, -0.25) is 0 Å². The second-order valence-corrected chi connectivity index (χ2v) is 3.25. The van der Waals surface area contributed by atoms with Crippen LogP contribution in [0, 0.1) is 6.92 Å². The van der Waals surface area contributed by atoms with E-state index in [0.29, 0.717) is 12.3 Å². The maximum Gasteiger partial charge on any atom is 0.371 e. The van der Waals surface area contributed by atoms with Gasteiger partial charge in [0.1, 0.15) is 5.76 Å². The van der Waals surface area contributed by atoms with Crippen LogP contribution in [0.15, 0.2) is 23.1 Å². The summed E-state index contributed by atoms with van der Waals surface area (Å²) in [5.41, 5.74) is 0.886. The number of hydrogen-bond acceptors (Lipinski definition) is 3. The maximum atomic E-state index is 10.6. The predicted octanol–water partition coefficient (Wildman–Crippen LogP) is 1.95. The average Bonchev–Trinajstić information content (AvgIpc) is 2.55. The lowest BCUT2D eigenvalue weighted by Gasteiger charge is -2.00. The van der Waals surface area contributed by atoms with E-state index in [1.54, 1.807) is 13.0 Å². The van der Waals surface area contributed by atoms with Gasteiger partial charge in [0.05, 0.1) is 0 Å². The van der Waals surface area contributed by atoms with Gasteiger partial charge in [-0.15, -0.1) is 6.58 Å². The fraction of sp³-hybridized carbons (Fsp3) is 0.364. The van der Waals surface area contributed by atoms with E-state index in [-0.39, 0.29) is 5.76 Å². The highest BCUT2D eigenvalue weighted by molar-refractivity contribution is 5.84. The van der Waals surface area contributed by atoms with Gasteiger partial charge in [-0.1, -0.05) is 6.08 Å². The molecule has 1 heterocycles. The normalized spacial score (nSPS) is 10.2. The summed E-state index contributed by atoms with van der Waals surface area (Å²) in [5.74, 6) is -0.387. The standard InChI is InChI=1S/C11H15NO3/c1-3-4-5-12-7-9-6-10(11(13)14)15-8(9)2/h3,6,12H,1,4-5,7H2,2H3,(H,13,14). The largest absolute Gasteiger partial charge is 0.475 e. The van der Waals surface area contributed by atoms with Crippen LogP contribution in [-0.2, 0) is 6.54 Å². The van der Waals surface area contributed by atoms with Crippen molar-refractivity contribution in [2.45, 2.75) is 19.9 Å². The Kier molecular flexibility index (Phi) is 4.12. The molecule has 0 saturated heterocycles. The van der Waals surface area contributed by atoms with Crippen molar-refractivity contribution in [1.82, 2.24) is 5.32 Å². The van der Waals surface area contributed by atoms with Gasteiger partial charge in [0.25, 0.3) is 0 Å². The first kappa shape index (κ1) is 11.5. The molecule has 0 aliphatic heterocycles. The molecule has 0 aliphatic rings. The Morgan fingerprint density at radius 2 is 2.47 bits per heavy atom. The van der Waals surface area contributed by atoms with E-state index in [9.17, 15) is 4.79 Å². The van der Waals surface area contributed by atoms with Gasteiger partial charge in [-0.25, -0.2) is 4.79 Å². The molecular weight excluding hydrogens is 194 g/mol. The second kappa shape index (κ2) is 5.36. The first-order chi connectivity index (χ1) is 7.15. The number of aryl methyl sites for hydroxylation is 1. The van der Waals surface area contributed by atoms with E-state index in [1.807, 2.05) is 6.08 Å². The first-order valence-electron chi connectivity index (χ1n) is 4.79. The topological polar surface area (TPSA) is 62.5 Å². The molecule has 0 aromatic carbocycles. The minimum atomic E-state index is -1.03. The summed E-state index contributed by atoms with van der Waals surface area (Å²) in [5, 5.41) is 11.9. The Labute approximate surface area is 88.6 Å². The summed E-state index contributed by atoms with van der Waals surface area (Å²) in [7, 11) is 0. The molecule has 0 amide bonds. The zero-order valence-electron chi connectivity index (χ0n) is 8.75. The molecule has 1 aromatic rings. The number of carboxylic acid groups (broad SMARTS) is 1. The molecule has 0 unspecified atom stereocenters. The van der Waals surface area contributed by atoms with E-state index < -0.39 is 5.97 Å². The van der Waals surface area contributed by atoms with Gasteiger partial charge in [-0.2, -0.15) is 0 Å². The van der Waals surface area contributed by atoms with Crippen LogP contribution in [0.4, 0.5) is 0 Å². The van der Waals surface area contributed by atoms with Crippen LogP contribution in [0.2, 0.25) is 0 Å². The minimum Gasteiger partial charge on any atom is -0.475 e. The highest BCUT2D eigenvalue weighted by Crippen LogP contribution is 2.14. The number of nitrogens with one attached hydrogen (secondary N) is 1. The van der Waals surface area contributed by atoms with E-state index >= 15 is 0 Å². The molecular formula is C11H15NO3. The number of rotatable bonds is 6. The molecule has 2 N–H and O–H groups in total. The molecule has 82 valence electrons. The van der Waals surface area contributed by atoms with E-state index in [1.165, 1.54) is 0 Å². The van der Waals surface area contributed by atoms with Crippen molar-refractivity contribution >= 4 is 5.97 Å². The Morgan fingerprint density at radius 3 is 3.00 bits per heavy atom. The second-order valence-electron chi connectivity index (χ2n) is 3.25. The molecule has 0 saturated carbocycles. The van der Waals surface area contributed by atoms with Gasteiger partial charge >= 0.3 is 5.97 Å². The molecule has 15 heavy (non-hydrogen) atoms. The summed E-state index contributed by atoms with van der Waals surface area (Å²) < 4.78 is 5.07. The SMILES string of the molecule is C=CCCNCc1cc(C(=O)O)oc1C. The van der Waals surface area contributed by atoms with Crippen molar-refractivity contribution in [2.24, 2.45) is 0 Å². The summed E-state index contributed by atoms with van der Waals surface area (Å²) in [6.45, 7) is 6.83. The maximum absolute atomic E-state index is 10.6. The Bertz CT molecular complexity index is 355. The molecule has 1 rings (SSSR count). The van der Waals surface area contributed by atoms with Crippen LogP contribution in [0.5, 0.6) is 0 Å². The molecule has 0 bridgehead atoms. The Morgan fingerprint density at radius 1 is 1.73 bits per heavy atom. The first-order valence-corrected chi connectivity index (χ1v) is 4.79. The van der Waals surface area contributed by atoms with Gasteiger partial charge in [0, 0.05) is 12.1 Å². The lowest BCUT2D eigenvalue weighted by Crippen LogP contribution is -2.14. The van der Waals surface area contributed by atoms with Crippen LogP contribution in [0.1, 0.15) is 28.3 Å². The quantitative estimate of drug-likeness (QED) is 0.555. The van der Waals surface area contributed by atoms with Crippen LogP contribution < -0.4 is 5.32 Å². The molecule has 4 heteroatoms. The minimum absolute atomic E-state index is 0.00646. The summed E-state index contributed by atoms with van der Waals surface area (Å²) in [6.07, 6.45) is 2.72. The van der Waals surface area contributed by atoms with Crippen molar-refractivity contribution in [3.05, 3.63) is 35.8 Å². The third kappa shape index (κ3) is 3.25. The predicted molar refractivity (Wildman–Crippen MR) is 56.9 cm³/mol. The van der Waals surface area contributed by atoms with Gasteiger partial charge < -0.3 is 14.8 Å². The van der Waals surface area contributed by atoms with E-state index in [0.717, 1.165) is 18.5 Å². The summed E-state index contributed by atoms with van der Waals surface area (Å²) in [6, 6.07) is 1.55. The molecule has 0 radical (unpaired) electrons. The smallest absolute Gasteiger partial charge is 0.371 e. The molecule has 0 spiro atoms. The Balaban J connectivity index is 2.53. The number of aromatic carboxylic acids is 1. The van der Waals surface area contributed by atoms with E-state index in [2.05, 4.69) is 11.9 Å². The highest BCUT2D eigenvalue weighted by atomic mass is 16.4. The number of hydrogen-bond donors (Lipinski definition) is 2. The lowest BCUT2D eigenvalue weighted by atomic mass is 10.2. The number of carboxylic acids is 1. The van der Waals surface area contributed by atoms with Gasteiger partial charge in [0.15, 0.2) is 0 Å². The van der Waals surface area contributed by atoms with Crippen molar-refractivity contribution < 1.29 is 14.3 Å². The third-order valence-corrected chi connectivity index (χ3v) is 2.07. The van der Waals surface area contributed by atoms with E-state index in [4.69, 9.17) is 9.52 Å². The van der Waals surface area contributed by atoms with Gasteiger partial charge in [0.2, 0.25) is 5.76 Å². The van der Waals surface area contributed by atoms with Crippen molar-refractivity contribution in [3.63, 3.8) is 0 Å².